The minimum Gasteiger partial charge on any atom is -0.465 e. The zero-order valence-corrected chi connectivity index (χ0v) is 7.36. The lowest BCUT2D eigenvalue weighted by molar-refractivity contribution is 0.0602. The number of ether oxygens (including phenoxy) is 1. The van der Waals surface area contributed by atoms with E-state index in [0.717, 1.165) is 12.8 Å². The van der Waals surface area contributed by atoms with E-state index in [1.165, 1.54) is 13.3 Å². The van der Waals surface area contributed by atoms with Crippen molar-refractivity contribution in [3.63, 3.8) is 0 Å². The SMILES string of the molecule is COC(=O)c1cnn(C2CC2)c1N. The molecule has 0 amide bonds. The number of rotatable bonds is 2. The van der Waals surface area contributed by atoms with Crippen LogP contribution in [0.1, 0.15) is 29.2 Å². The molecule has 0 aromatic carbocycles. The van der Waals surface area contributed by atoms with Gasteiger partial charge in [-0.2, -0.15) is 5.10 Å². The molecule has 1 fully saturated rings. The number of nitrogens with zero attached hydrogens (tertiary/aromatic N) is 2. The number of methoxy groups -OCH3 is 1. The van der Waals surface area contributed by atoms with E-state index in [1.807, 2.05) is 0 Å². The molecule has 0 radical (unpaired) electrons. The molecule has 1 saturated carbocycles. The van der Waals surface area contributed by atoms with Crippen LogP contribution in [-0.4, -0.2) is 22.9 Å². The smallest absolute Gasteiger partial charge is 0.343 e. The monoisotopic (exact) mass is 181 g/mol. The van der Waals surface area contributed by atoms with Crippen molar-refractivity contribution in [2.75, 3.05) is 12.8 Å². The number of esters is 1. The van der Waals surface area contributed by atoms with E-state index in [-0.39, 0.29) is 0 Å². The van der Waals surface area contributed by atoms with Gasteiger partial charge in [0.1, 0.15) is 11.4 Å². The summed E-state index contributed by atoms with van der Waals surface area (Å²) in [4.78, 5) is 11.1. The number of aromatic nitrogens is 2. The highest BCUT2D eigenvalue weighted by Crippen LogP contribution is 2.36. The first kappa shape index (κ1) is 8.10. The fourth-order valence-corrected chi connectivity index (χ4v) is 1.25. The molecule has 5 heteroatoms. The minimum atomic E-state index is -0.426. The second kappa shape index (κ2) is 2.76. The fourth-order valence-electron chi connectivity index (χ4n) is 1.25. The Morgan fingerprint density at radius 1 is 1.77 bits per heavy atom. The highest BCUT2D eigenvalue weighted by molar-refractivity contribution is 5.93. The van der Waals surface area contributed by atoms with Crippen LogP contribution in [0.25, 0.3) is 0 Å². The van der Waals surface area contributed by atoms with E-state index < -0.39 is 5.97 Å². The van der Waals surface area contributed by atoms with E-state index in [9.17, 15) is 4.79 Å². The van der Waals surface area contributed by atoms with E-state index in [0.29, 0.717) is 17.4 Å². The van der Waals surface area contributed by atoms with Crippen molar-refractivity contribution in [2.24, 2.45) is 0 Å². The first-order chi connectivity index (χ1) is 6.24. The number of anilines is 1. The van der Waals surface area contributed by atoms with Crippen molar-refractivity contribution in [1.29, 1.82) is 0 Å². The first-order valence-electron chi connectivity index (χ1n) is 4.15. The van der Waals surface area contributed by atoms with E-state index >= 15 is 0 Å². The number of hydrogen-bond acceptors (Lipinski definition) is 4. The van der Waals surface area contributed by atoms with Gasteiger partial charge in [0, 0.05) is 0 Å². The van der Waals surface area contributed by atoms with Crippen LogP contribution in [0.3, 0.4) is 0 Å². The molecule has 70 valence electrons. The summed E-state index contributed by atoms with van der Waals surface area (Å²) in [5.41, 5.74) is 6.08. The molecule has 0 atom stereocenters. The largest absolute Gasteiger partial charge is 0.465 e. The summed E-state index contributed by atoms with van der Waals surface area (Å²) in [5, 5.41) is 4.04. The molecule has 0 spiro atoms. The van der Waals surface area contributed by atoms with Crippen molar-refractivity contribution >= 4 is 11.8 Å². The summed E-state index contributed by atoms with van der Waals surface area (Å²) in [7, 11) is 1.33. The van der Waals surface area contributed by atoms with Crippen LogP contribution in [0.15, 0.2) is 6.20 Å². The molecule has 1 aliphatic rings. The summed E-state index contributed by atoms with van der Waals surface area (Å²) < 4.78 is 6.25. The third-order valence-corrected chi connectivity index (χ3v) is 2.13. The molecule has 1 aliphatic carbocycles. The summed E-state index contributed by atoms with van der Waals surface area (Å²) in [6.45, 7) is 0. The van der Waals surface area contributed by atoms with Crippen molar-refractivity contribution in [2.45, 2.75) is 18.9 Å². The van der Waals surface area contributed by atoms with Gasteiger partial charge in [0.05, 0.1) is 19.3 Å². The molecule has 0 bridgehead atoms. The van der Waals surface area contributed by atoms with Crippen molar-refractivity contribution in [1.82, 2.24) is 9.78 Å². The average molecular weight is 181 g/mol. The minimum absolute atomic E-state index is 0.356. The van der Waals surface area contributed by atoms with Crippen molar-refractivity contribution in [3.05, 3.63) is 11.8 Å². The van der Waals surface area contributed by atoms with Gasteiger partial charge in [-0.25, -0.2) is 9.48 Å². The van der Waals surface area contributed by atoms with Gasteiger partial charge in [0.25, 0.3) is 0 Å². The van der Waals surface area contributed by atoms with Crippen LogP contribution >= 0.6 is 0 Å². The Hall–Kier alpha value is -1.52. The quantitative estimate of drug-likeness (QED) is 0.678. The molecule has 5 nitrogen and oxygen atoms in total. The topological polar surface area (TPSA) is 70.1 Å². The lowest BCUT2D eigenvalue weighted by atomic mass is 10.3. The second-order valence-electron chi connectivity index (χ2n) is 3.11. The van der Waals surface area contributed by atoms with E-state index in [2.05, 4.69) is 9.84 Å². The van der Waals surface area contributed by atoms with Gasteiger partial charge < -0.3 is 10.5 Å². The van der Waals surface area contributed by atoms with Crippen LogP contribution in [-0.2, 0) is 4.74 Å². The molecule has 0 saturated heterocycles. The number of carbonyl (C=O) groups is 1. The van der Waals surface area contributed by atoms with Crippen LogP contribution in [0, 0.1) is 0 Å². The molecule has 2 N–H and O–H groups in total. The maximum Gasteiger partial charge on any atom is 0.343 e. The Bertz CT molecular complexity index is 341. The van der Waals surface area contributed by atoms with Gasteiger partial charge >= 0.3 is 5.97 Å². The molecule has 1 aromatic heterocycles. The summed E-state index contributed by atoms with van der Waals surface area (Å²) in [6.07, 6.45) is 3.64. The molecule has 0 aliphatic heterocycles. The molecule has 0 unspecified atom stereocenters. The molecular weight excluding hydrogens is 170 g/mol. The van der Waals surface area contributed by atoms with Gasteiger partial charge in [-0.05, 0) is 12.8 Å². The standard InChI is InChI=1S/C8H11N3O2/c1-13-8(12)6-4-10-11(7(6)9)5-2-3-5/h4-5H,2-3,9H2,1H3. The Morgan fingerprint density at radius 3 is 3.00 bits per heavy atom. The Labute approximate surface area is 75.5 Å². The second-order valence-corrected chi connectivity index (χ2v) is 3.11. The zero-order chi connectivity index (χ0) is 9.42. The summed E-state index contributed by atoms with van der Waals surface area (Å²) in [6, 6.07) is 0.387. The average Bonchev–Trinajstić information content (AvgIpc) is 2.90. The maximum absolute atomic E-state index is 11.1. The van der Waals surface area contributed by atoms with Gasteiger partial charge in [-0.3, -0.25) is 0 Å². The first-order valence-corrected chi connectivity index (χ1v) is 4.15. The molecular formula is C8H11N3O2. The van der Waals surface area contributed by atoms with Gasteiger partial charge in [0.15, 0.2) is 0 Å². The molecule has 2 rings (SSSR count). The van der Waals surface area contributed by atoms with Crippen LogP contribution in [0.4, 0.5) is 5.82 Å². The Balaban J connectivity index is 2.32. The predicted molar refractivity (Wildman–Crippen MR) is 46.2 cm³/mol. The lowest BCUT2D eigenvalue weighted by Gasteiger charge is -2.01. The fraction of sp³-hybridized carbons (Fsp3) is 0.500. The number of nitrogens with two attached hydrogens (primary N) is 1. The predicted octanol–water partition coefficient (Wildman–Crippen LogP) is 0.587. The number of nitrogen functional groups attached to an aromatic ring is 1. The Kier molecular flexibility index (Phi) is 1.72. The third-order valence-electron chi connectivity index (χ3n) is 2.13. The normalized spacial score (nSPS) is 15.8. The van der Waals surface area contributed by atoms with E-state index in [4.69, 9.17) is 5.73 Å². The van der Waals surface area contributed by atoms with Gasteiger partial charge in [-0.15, -0.1) is 0 Å². The molecule has 13 heavy (non-hydrogen) atoms. The van der Waals surface area contributed by atoms with Crippen LogP contribution < -0.4 is 5.73 Å². The van der Waals surface area contributed by atoms with Crippen molar-refractivity contribution in [3.8, 4) is 0 Å². The van der Waals surface area contributed by atoms with Crippen LogP contribution in [0.5, 0.6) is 0 Å². The van der Waals surface area contributed by atoms with E-state index in [1.54, 1.807) is 4.68 Å². The summed E-state index contributed by atoms with van der Waals surface area (Å²) >= 11 is 0. The lowest BCUT2D eigenvalue weighted by Crippen LogP contribution is -2.07. The highest BCUT2D eigenvalue weighted by Gasteiger charge is 2.28. The maximum atomic E-state index is 11.1. The third kappa shape index (κ3) is 1.26. The molecule has 1 aromatic rings. The highest BCUT2D eigenvalue weighted by atomic mass is 16.5. The number of carbonyl (C=O) groups excluding carboxylic acids is 1. The Morgan fingerprint density at radius 2 is 2.46 bits per heavy atom. The van der Waals surface area contributed by atoms with Gasteiger partial charge in [-0.1, -0.05) is 0 Å². The van der Waals surface area contributed by atoms with Crippen molar-refractivity contribution < 1.29 is 9.53 Å². The summed E-state index contributed by atoms with van der Waals surface area (Å²) in [5.74, 6) is -0.0150. The molecule has 1 heterocycles. The van der Waals surface area contributed by atoms with Crippen LogP contribution in [0.2, 0.25) is 0 Å². The zero-order valence-electron chi connectivity index (χ0n) is 7.36. The number of hydrogen-bond donors (Lipinski definition) is 1. The van der Waals surface area contributed by atoms with Gasteiger partial charge in [0.2, 0.25) is 0 Å².